The van der Waals surface area contributed by atoms with Gasteiger partial charge >= 0.3 is 12.1 Å². The maximum atomic E-state index is 14.2. The van der Waals surface area contributed by atoms with Crippen molar-refractivity contribution in [2.45, 2.75) is 32.9 Å². The molecule has 0 unspecified atom stereocenters. The molecule has 2 heterocycles. The number of hydrogen-bond acceptors (Lipinski definition) is 5. The molecule has 1 aromatic heterocycles. The second kappa shape index (κ2) is 10.2. The molecule has 2 N–H and O–H groups in total. The zero-order valence-corrected chi connectivity index (χ0v) is 18.0. The van der Waals surface area contributed by atoms with E-state index in [1.54, 1.807) is 49.3 Å². The number of likely N-dealkylation sites (tertiary alicyclic amines) is 1. The van der Waals surface area contributed by atoms with Crippen molar-refractivity contribution in [1.82, 2.24) is 14.8 Å². The maximum Gasteiger partial charge on any atom is 0.409 e. The van der Waals surface area contributed by atoms with Crippen molar-refractivity contribution in [2.24, 2.45) is 0 Å². The van der Waals surface area contributed by atoms with E-state index in [2.05, 4.69) is 20.5 Å². The number of amides is 3. The van der Waals surface area contributed by atoms with Gasteiger partial charge in [-0.3, -0.25) is 9.88 Å². The van der Waals surface area contributed by atoms with Gasteiger partial charge in [0.05, 0.1) is 24.2 Å². The molecule has 8 nitrogen and oxygen atoms in total. The van der Waals surface area contributed by atoms with E-state index < -0.39 is 11.8 Å². The van der Waals surface area contributed by atoms with Gasteiger partial charge in [0.25, 0.3) is 0 Å². The van der Waals surface area contributed by atoms with Crippen molar-refractivity contribution in [3.05, 3.63) is 53.6 Å². The molecule has 2 aromatic rings. The number of anilines is 2. The van der Waals surface area contributed by atoms with E-state index in [9.17, 15) is 14.0 Å². The van der Waals surface area contributed by atoms with Gasteiger partial charge in [0.2, 0.25) is 0 Å². The number of aryl methyl sites for hydroxylation is 1. The molecule has 1 saturated heterocycles. The summed E-state index contributed by atoms with van der Waals surface area (Å²) in [6.07, 6.45) is 2.06. The van der Waals surface area contributed by atoms with Crippen LogP contribution in [0.3, 0.4) is 0 Å². The lowest BCUT2D eigenvalue weighted by Gasteiger charge is -2.24. The zero-order chi connectivity index (χ0) is 22.4. The molecule has 1 fully saturated rings. The Labute approximate surface area is 181 Å². The zero-order valence-electron chi connectivity index (χ0n) is 18.0. The maximum absolute atomic E-state index is 14.2. The van der Waals surface area contributed by atoms with Crippen molar-refractivity contribution < 1.29 is 18.7 Å². The number of likely N-dealkylation sites (N-methyl/N-ethyl adjacent to an activating group) is 1. The number of ether oxygens (including phenoxy) is 1. The van der Waals surface area contributed by atoms with Crippen LogP contribution in [-0.4, -0.2) is 59.7 Å². The molecular weight excluding hydrogens is 401 g/mol. The van der Waals surface area contributed by atoms with Gasteiger partial charge in [-0.15, -0.1) is 0 Å². The molecule has 1 atom stereocenters. The molecule has 1 aliphatic rings. The highest BCUT2D eigenvalue weighted by molar-refractivity contribution is 5.99. The van der Waals surface area contributed by atoms with Gasteiger partial charge in [0.1, 0.15) is 5.82 Å². The Hall–Kier alpha value is -3.20. The van der Waals surface area contributed by atoms with Crippen molar-refractivity contribution in [3.63, 3.8) is 0 Å². The molecule has 1 aliphatic heterocycles. The molecule has 31 heavy (non-hydrogen) atoms. The second-order valence-electron chi connectivity index (χ2n) is 7.57. The minimum Gasteiger partial charge on any atom is -0.450 e. The Morgan fingerprint density at radius 2 is 2.10 bits per heavy atom. The molecule has 0 saturated carbocycles. The van der Waals surface area contributed by atoms with E-state index in [0.717, 1.165) is 24.2 Å². The summed E-state index contributed by atoms with van der Waals surface area (Å²) in [5.74, 6) is -0.512. The first-order valence-electron chi connectivity index (χ1n) is 10.3. The van der Waals surface area contributed by atoms with Gasteiger partial charge in [-0.1, -0.05) is 6.07 Å². The predicted octanol–water partition coefficient (Wildman–Crippen LogP) is 3.84. The summed E-state index contributed by atoms with van der Waals surface area (Å²) in [6, 6.07) is 7.71. The lowest BCUT2D eigenvalue weighted by atomic mass is 10.2. The number of hydrogen-bond donors (Lipinski definition) is 2. The first-order valence-corrected chi connectivity index (χ1v) is 10.3. The SMILES string of the molecule is CCOC(=O)N(C)[C@H]1CCN(Cc2ccc(F)c(NC(=O)Nc3ccc(C)nc3)c2)C1. The van der Waals surface area contributed by atoms with Crippen molar-refractivity contribution in [3.8, 4) is 0 Å². The summed E-state index contributed by atoms with van der Waals surface area (Å²) in [5.41, 5.74) is 2.33. The number of rotatable bonds is 6. The normalized spacial score (nSPS) is 16.1. The number of benzene rings is 1. The first-order chi connectivity index (χ1) is 14.9. The Morgan fingerprint density at radius 3 is 2.81 bits per heavy atom. The molecule has 0 radical (unpaired) electrons. The number of carbonyl (C=O) groups is 2. The Bertz CT molecular complexity index is 922. The number of nitrogens with zero attached hydrogens (tertiary/aromatic N) is 3. The van der Waals surface area contributed by atoms with Crippen LogP contribution in [0.4, 0.5) is 25.4 Å². The van der Waals surface area contributed by atoms with Crippen LogP contribution in [-0.2, 0) is 11.3 Å². The fourth-order valence-electron chi connectivity index (χ4n) is 3.50. The Morgan fingerprint density at radius 1 is 1.29 bits per heavy atom. The molecule has 0 bridgehead atoms. The highest BCUT2D eigenvalue weighted by atomic mass is 19.1. The molecule has 3 rings (SSSR count). The monoisotopic (exact) mass is 429 g/mol. The molecule has 9 heteroatoms. The Balaban J connectivity index is 1.57. The van der Waals surface area contributed by atoms with Crippen LogP contribution in [0.5, 0.6) is 0 Å². The van der Waals surface area contributed by atoms with Gasteiger partial charge in [0.15, 0.2) is 0 Å². The van der Waals surface area contributed by atoms with Crippen molar-refractivity contribution in [1.29, 1.82) is 0 Å². The standard InChI is InChI=1S/C22H28FN5O3/c1-4-31-22(30)27(3)18-9-10-28(14-18)13-16-6-8-19(23)20(11-16)26-21(29)25-17-7-5-15(2)24-12-17/h5-8,11-12,18H,4,9-10,13-14H2,1-3H3,(H2,25,26,29)/t18-/m0/s1. The molecular formula is C22H28FN5O3. The first kappa shape index (κ1) is 22.5. The second-order valence-corrected chi connectivity index (χ2v) is 7.57. The van der Waals surface area contributed by atoms with Gasteiger partial charge in [-0.05, 0) is 50.1 Å². The third-order valence-electron chi connectivity index (χ3n) is 5.21. The third-order valence-corrected chi connectivity index (χ3v) is 5.21. The van der Waals surface area contributed by atoms with Gasteiger partial charge in [-0.2, -0.15) is 0 Å². The van der Waals surface area contributed by atoms with Crippen LogP contribution in [0.2, 0.25) is 0 Å². The lowest BCUT2D eigenvalue weighted by Crippen LogP contribution is -2.39. The molecule has 166 valence electrons. The third kappa shape index (κ3) is 6.14. The average Bonchev–Trinajstić information content (AvgIpc) is 3.20. The Kier molecular flexibility index (Phi) is 7.41. The molecule has 1 aromatic carbocycles. The van der Waals surface area contributed by atoms with E-state index in [0.29, 0.717) is 25.4 Å². The minimum atomic E-state index is -0.543. The summed E-state index contributed by atoms with van der Waals surface area (Å²) in [6.45, 7) is 6.09. The van der Waals surface area contributed by atoms with Crippen LogP contribution < -0.4 is 10.6 Å². The van der Waals surface area contributed by atoms with E-state index in [1.807, 2.05) is 6.92 Å². The largest absolute Gasteiger partial charge is 0.450 e. The number of carbonyl (C=O) groups excluding carboxylic acids is 2. The van der Waals surface area contributed by atoms with Crippen LogP contribution in [0.25, 0.3) is 0 Å². The summed E-state index contributed by atoms with van der Waals surface area (Å²) in [4.78, 5) is 32.1. The van der Waals surface area contributed by atoms with Gasteiger partial charge < -0.3 is 20.3 Å². The van der Waals surface area contributed by atoms with Crippen LogP contribution in [0.1, 0.15) is 24.6 Å². The summed E-state index contributed by atoms with van der Waals surface area (Å²) >= 11 is 0. The average molecular weight is 429 g/mol. The summed E-state index contributed by atoms with van der Waals surface area (Å²) in [5, 5.41) is 5.19. The quantitative estimate of drug-likeness (QED) is 0.729. The highest BCUT2D eigenvalue weighted by Crippen LogP contribution is 2.21. The van der Waals surface area contributed by atoms with E-state index in [4.69, 9.17) is 4.74 Å². The van der Waals surface area contributed by atoms with Crippen LogP contribution >= 0.6 is 0 Å². The predicted molar refractivity (Wildman–Crippen MR) is 116 cm³/mol. The van der Waals surface area contributed by atoms with Gasteiger partial charge in [-0.25, -0.2) is 14.0 Å². The van der Waals surface area contributed by atoms with E-state index in [-0.39, 0.29) is 17.8 Å². The fourth-order valence-corrected chi connectivity index (χ4v) is 3.50. The number of aromatic nitrogens is 1. The number of urea groups is 1. The summed E-state index contributed by atoms with van der Waals surface area (Å²) < 4.78 is 19.3. The fraction of sp³-hybridized carbons (Fsp3) is 0.409. The number of nitrogens with one attached hydrogen (secondary N) is 2. The highest BCUT2D eigenvalue weighted by Gasteiger charge is 2.29. The van der Waals surface area contributed by atoms with Crippen LogP contribution in [0, 0.1) is 12.7 Å². The molecule has 0 aliphatic carbocycles. The molecule has 3 amide bonds. The van der Waals surface area contributed by atoms with Crippen molar-refractivity contribution in [2.75, 3.05) is 37.4 Å². The van der Waals surface area contributed by atoms with E-state index in [1.165, 1.54) is 6.07 Å². The minimum absolute atomic E-state index is 0.0750. The number of halogens is 1. The lowest BCUT2D eigenvalue weighted by molar-refractivity contribution is 0.102. The number of pyridine rings is 1. The molecule has 0 spiro atoms. The topological polar surface area (TPSA) is 86.8 Å². The van der Waals surface area contributed by atoms with Gasteiger partial charge in [0, 0.05) is 38.4 Å². The van der Waals surface area contributed by atoms with Crippen LogP contribution in [0.15, 0.2) is 36.5 Å². The smallest absolute Gasteiger partial charge is 0.409 e. The summed E-state index contributed by atoms with van der Waals surface area (Å²) in [7, 11) is 1.74. The van der Waals surface area contributed by atoms with E-state index >= 15 is 0 Å². The van der Waals surface area contributed by atoms with Crippen molar-refractivity contribution >= 4 is 23.5 Å².